The number of carbonyl (C=O) groups is 1. The van der Waals surface area contributed by atoms with E-state index in [9.17, 15) is 4.79 Å². The number of carboxylic acid groups (broad SMARTS) is 1. The Morgan fingerprint density at radius 2 is 2.21 bits per heavy atom. The molecular weight excluding hydrogens is 302 g/mol. The van der Waals surface area contributed by atoms with Crippen LogP contribution < -0.4 is 9.64 Å². The van der Waals surface area contributed by atoms with Crippen LogP contribution in [0.25, 0.3) is 0 Å². The van der Waals surface area contributed by atoms with Crippen molar-refractivity contribution in [3.05, 3.63) is 47.6 Å². The fourth-order valence-electron chi connectivity index (χ4n) is 2.98. The van der Waals surface area contributed by atoms with Crippen molar-refractivity contribution in [1.82, 2.24) is 0 Å². The van der Waals surface area contributed by atoms with Crippen molar-refractivity contribution >= 4 is 11.7 Å². The standard InChI is InChI=1S/C20H27NO3/c1-3-16(12-13-19(22)23)8-4-5-15-24-18-11-6-9-17-10-7-14-21(2)20(17)18/h3-4,6,8-9,11H,5,7,10,12-15H2,1-2H3,(H,22,23)/b8-4-,16-3+. The maximum atomic E-state index is 10.6. The van der Waals surface area contributed by atoms with E-state index in [0.717, 1.165) is 30.7 Å². The van der Waals surface area contributed by atoms with Crippen molar-refractivity contribution in [3.63, 3.8) is 0 Å². The second-order valence-electron chi connectivity index (χ2n) is 6.09. The molecule has 130 valence electrons. The van der Waals surface area contributed by atoms with Crippen LogP contribution in [0.3, 0.4) is 0 Å². The maximum absolute atomic E-state index is 10.6. The molecular formula is C20H27NO3. The van der Waals surface area contributed by atoms with Gasteiger partial charge >= 0.3 is 5.97 Å². The zero-order valence-electron chi connectivity index (χ0n) is 14.6. The fourth-order valence-corrected chi connectivity index (χ4v) is 2.98. The summed E-state index contributed by atoms with van der Waals surface area (Å²) in [7, 11) is 2.12. The molecule has 0 aromatic heterocycles. The van der Waals surface area contributed by atoms with Gasteiger partial charge in [0.2, 0.25) is 0 Å². The van der Waals surface area contributed by atoms with E-state index in [-0.39, 0.29) is 6.42 Å². The van der Waals surface area contributed by atoms with E-state index in [0.29, 0.717) is 13.0 Å². The van der Waals surface area contributed by atoms with E-state index in [1.54, 1.807) is 0 Å². The van der Waals surface area contributed by atoms with Crippen LogP contribution in [0.1, 0.15) is 38.2 Å². The van der Waals surface area contributed by atoms with E-state index in [1.807, 2.05) is 25.1 Å². The number of ether oxygens (including phenoxy) is 1. The van der Waals surface area contributed by atoms with Crippen molar-refractivity contribution in [2.24, 2.45) is 0 Å². The molecule has 1 aliphatic heterocycles. The molecule has 0 bridgehead atoms. The highest BCUT2D eigenvalue weighted by atomic mass is 16.5. The normalized spacial score (nSPS) is 14.8. The number of benzene rings is 1. The topological polar surface area (TPSA) is 49.8 Å². The maximum Gasteiger partial charge on any atom is 0.303 e. The Labute approximate surface area is 144 Å². The average molecular weight is 329 g/mol. The monoisotopic (exact) mass is 329 g/mol. The highest BCUT2D eigenvalue weighted by Gasteiger charge is 2.17. The molecule has 0 spiro atoms. The van der Waals surface area contributed by atoms with Gasteiger partial charge in [-0.05, 0) is 44.2 Å². The Morgan fingerprint density at radius 3 is 2.96 bits per heavy atom. The quantitative estimate of drug-likeness (QED) is 0.573. The fraction of sp³-hybridized carbons (Fsp3) is 0.450. The number of hydrogen-bond acceptors (Lipinski definition) is 3. The highest BCUT2D eigenvalue weighted by Crippen LogP contribution is 2.35. The average Bonchev–Trinajstić information content (AvgIpc) is 2.57. The minimum Gasteiger partial charge on any atom is -0.491 e. The molecule has 4 heteroatoms. The number of hydrogen-bond donors (Lipinski definition) is 1. The smallest absolute Gasteiger partial charge is 0.303 e. The molecule has 4 nitrogen and oxygen atoms in total. The first-order valence-electron chi connectivity index (χ1n) is 8.61. The molecule has 0 fully saturated rings. The van der Waals surface area contributed by atoms with Crippen LogP contribution in [0.15, 0.2) is 42.0 Å². The number of allylic oxidation sites excluding steroid dienone is 3. The van der Waals surface area contributed by atoms with Gasteiger partial charge in [-0.25, -0.2) is 0 Å². The molecule has 1 aliphatic rings. The number of aryl methyl sites for hydroxylation is 1. The summed E-state index contributed by atoms with van der Waals surface area (Å²) < 4.78 is 5.98. The van der Waals surface area contributed by atoms with Crippen molar-refractivity contribution in [2.75, 3.05) is 25.1 Å². The summed E-state index contributed by atoms with van der Waals surface area (Å²) in [6, 6.07) is 6.28. The Kier molecular flexibility index (Phi) is 6.91. The van der Waals surface area contributed by atoms with Crippen LogP contribution in [0.4, 0.5) is 5.69 Å². The first-order valence-corrected chi connectivity index (χ1v) is 8.61. The van der Waals surface area contributed by atoms with E-state index in [4.69, 9.17) is 9.84 Å². The number of para-hydroxylation sites is 1. The van der Waals surface area contributed by atoms with Gasteiger partial charge < -0.3 is 14.7 Å². The lowest BCUT2D eigenvalue weighted by molar-refractivity contribution is -0.136. The van der Waals surface area contributed by atoms with Gasteiger partial charge in [-0.1, -0.05) is 35.9 Å². The second-order valence-corrected chi connectivity index (χ2v) is 6.09. The van der Waals surface area contributed by atoms with Crippen LogP contribution in [-0.2, 0) is 11.2 Å². The summed E-state index contributed by atoms with van der Waals surface area (Å²) >= 11 is 0. The zero-order chi connectivity index (χ0) is 17.4. The summed E-state index contributed by atoms with van der Waals surface area (Å²) in [5.74, 6) is 0.198. The zero-order valence-corrected chi connectivity index (χ0v) is 14.6. The third-order valence-corrected chi connectivity index (χ3v) is 4.28. The van der Waals surface area contributed by atoms with Gasteiger partial charge in [0.05, 0.1) is 12.3 Å². The van der Waals surface area contributed by atoms with Crippen molar-refractivity contribution in [1.29, 1.82) is 0 Å². The number of anilines is 1. The van der Waals surface area contributed by atoms with Gasteiger partial charge in [0.15, 0.2) is 0 Å². The minimum absolute atomic E-state index is 0.170. The second kappa shape index (κ2) is 9.16. The third-order valence-electron chi connectivity index (χ3n) is 4.28. The Balaban J connectivity index is 1.84. The van der Waals surface area contributed by atoms with Crippen molar-refractivity contribution in [3.8, 4) is 5.75 Å². The predicted octanol–water partition coefficient (Wildman–Crippen LogP) is 4.21. The molecule has 0 aliphatic carbocycles. The van der Waals surface area contributed by atoms with E-state index >= 15 is 0 Å². The van der Waals surface area contributed by atoms with Gasteiger partial charge in [-0.15, -0.1) is 0 Å². The largest absolute Gasteiger partial charge is 0.491 e. The van der Waals surface area contributed by atoms with E-state index in [2.05, 4.69) is 30.2 Å². The number of aliphatic carboxylic acids is 1. The van der Waals surface area contributed by atoms with Gasteiger partial charge in [-0.2, -0.15) is 0 Å². The summed E-state index contributed by atoms with van der Waals surface area (Å²) in [5.41, 5.74) is 3.64. The molecule has 0 radical (unpaired) electrons. The lowest BCUT2D eigenvalue weighted by atomic mass is 10.0. The minimum atomic E-state index is -0.760. The van der Waals surface area contributed by atoms with Crippen LogP contribution in [0.5, 0.6) is 5.75 Å². The third kappa shape index (κ3) is 5.15. The molecule has 1 aromatic rings. The Hall–Kier alpha value is -2.23. The molecule has 1 N–H and O–H groups in total. The lowest BCUT2D eigenvalue weighted by Gasteiger charge is -2.29. The van der Waals surface area contributed by atoms with Crippen molar-refractivity contribution < 1.29 is 14.6 Å². The summed E-state index contributed by atoms with van der Waals surface area (Å²) in [4.78, 5) is 12.9. The number of carboxylic acids is 1. The van der Waals surface area contributed by atoms with Crippen LogP contribution in [0, 0.1) is 0 Å². The molecule has 2 rings (SSSR count). The van der Waals surface area contributed by atoms with Crippen LogP contribution in [-0.4, -0.2) is 31.3 Å². The first kappa shape index (κ1) is 18.1. The molecule has 24 heavy (non-hydrogen) atoms. The summed E-state index contributed by atoms with van der Waals surface area (Å²) in [6.07, 6.45) is 9.86. The Morgan fingerprint density at radius 1 is 1.38 bits per heavy atom. The molecule has 0 amide bonds. The van der Waals surface area contributed by atoms with E-state index < -0.39 is 5.97 Å². The number of rotatable bonds is 8. The number of fused-ring (bicyclic) bond motifs is 1. The molecule has 0 unspecified atom stereocenters. The lowest BCUT2D eigenvalue weighted by Crippen LogP contribution is -2.25. The highest BCUT2D eigenvalue weighted by molar-refractivity contribution is 5.67. The number of nitrogens with zero attached hydrogens (tertiary/aromatic N) is 1. The van der Waals surface area contributed by atoms with Gasteiger partial charge in [0, 0.05) is 20.0 Å². The molecule has 1 heterocycles. The van der Waals surface area contributed by atoms with Gasteiger partial charge in [0.25, 0.3) is 0 Å². The van der Waals surface area contributed by atoms with Gasteiger partial charge in [-0.3, -0.25) is 4.79 Å². The SMILES string of the molecule is C/C=C(\C=C/CCOc1cccc2c1N(C)CCC2)CCC(=O)O. The van der Waals surface area contributed by atoms with Crippen LogP contribution in [0.2, 0.25) is 0 Å². The molecule has 0 saturated carbocycles. The summed E-state index contributed by atoms with van der Waals surface area (Å²) in [5, 5.41) is 8.74. The van der Waals surface area contributed by atoms with Gasteiger partial charge in [0.1, 0.15) is 5.75 Å². The Bertz CT molecular complexity index is 619. The van der Waals surface area contributed by atoms with E-state index in [1.165, 1.54) is 17.7 Å². The first-order chi connectivity index (χ1) is 11.6. The molecule has 1 aromatic carbocycles. The molecule has 0 saturated heterocycles. The molecule has 0 atom stereocenters. The predicted molar refractivity (Wildman–Crippen MR) is 97.9 cm³/mol. The van der Waals surface area contributed by atoms with Crippen molar-refractivity contribution in [2.45, 2.75) is 39.0 Å². The summed E-state index contributed by atoms with van der Waals surface area (Å²) in [6.45, 7) is 3.63. The van der Waals surface area contributed by atoms with Crippen LogP contribution >= 0.6 is 0 Å².